The lowest BCUT2D eigenvalue weighted by Crippen LogP contribution is -1.76. The SMILES string of the molecule is Oc1ccc2cc(-c3csc(Cl)c3)ccc2c1. The number of phenols is 1. The smallest absolute Gasteiger partial charge is 0.116 e. The molecule has 0 atom stereocenters. The quantitative estimate of drug-likeness (QED) is 0.658. The summed E-state index contributed by atoms with van der Waals surface area (Å²) in [5.74, 6) is 0.295. The summed E-state index contributed by atoms with van der Waals surface area (Å²) in [6.07, 6.45) is 0. The highest BCUT2D eigenvalue weighted by molar-refractivity contribution is 7.14. The zero-order valence-corrected chi connectivity index (χ0v) is 10.4. The van der Waals surface area contributed by atoms with Crippen LogP contribution < -0.4 is 0 Å². The van der Waals surface area contributed by atoms with Crippen LogP contribution in [0, 0.1) is 0 Å². The van der Waals surface area contributed by atoms with E-state index in [-0.39, 0.29) is 0 Å². The lowest BCUT2D eigenvalue weighted by Gasteiger charge is -2.02. The minimum Gasteiger partial charge on any atom is -0.508 e. The summed E-state index contributed by atoms with van der Waals surface area (Å²) >= 11 is 7.47. The Balaban J connectivity index is 2.16. The largest absolute Gasteiger partial charge is 0.508 e. The van der Waals surface area contributed by atoms with Gasteiger partial charge in [-0.05, 0) is 46.2 Å². The molecule has 0 saturated heterocycles. The number of hydrogen-bond donors (Lipinski definition) is 1. The molecule has 0 aliphatic carbocycles. The van der Waals surface area contributed by atoms with Gasteiger partial charge < -0.3 is 5.11 Å². The second-order valence-electron chi connectivity index (χ2n) is 3.89. The van der Waals surface area contributed by atoms with Crippen LogP contribution in [0.2, 0.25) is 4.34 Å². The van der Waals surface area contributed by atoms with Gasteiger partial charge in [0.2, 0.25) is 0 Å². The molecule has 17 heavy (non-hydrogen) atoms. The highest BCUT2D eigenvalue weighted by Crippen LogP contribution is 2.31. The second-order valence-corrected chi connectivity index (χ2v) is 5.43. The molecule has 0 bridgehead atoms. The molecular weight excluding hydrogens is 252 g/mol. The van der Waals surface area contributed by atoms with Crippen LogP contribution in [0.1, 0.15) is 0 Å². The molecule has 0 unspecified atom stereocenters. The van der Waals surface area contributed by atoms with Gasteiger partial charge in [-0.25, -0.2) is 0 Å². The van der Waals surface area contributed by atoms with E-state index in [1.165, 1.54) is 11.3 Å². The number of rotatable bonds is 1. The molecule has 1 aromatic heterocycles. The Kier molecular flexibility index (Phi) is 2.54. The van der Waals surface area contributed by atoms with E-state index in [1.54, 1.807) is 12.1 Å². The fourth-order valence-corrected chi connectivity index (χ4v) is 2.76. The Morgan fingerprint density at radius 2 is 1.65 bits per heavy atom. The maximum atomic E-state index is 9.40. The van der Waals surface area contributed by atoms with E-state index in [1.807, 2.05) is 29.6 Å². The van der Waals surface area contributed by atoms with Crippen molar-refractivity contribution in [3.05, 3.63) is 52.2 Å². The Hall–Kier alpha value is -1.51. The minimum absolute atomic E-state index is 0.295. The fourth-order valence-electron chi connectivity index (χ4n) is 1.87. The predicted octanol–water partition coefficient (Wildman–Crippen LogP) is 4.93. The van der Waals surface area contributed by atoms with Crippen molar-refractivity contribution in [3.63, 3.8) is 0 Å². The third-order valence-electron chi connectivity index (χ3n) is 2.72. The van der Waals surface area contributed by atoms with E-state index in [2.05, 4.69) is 6.07 Å². The Morgan fingerprint density at radius 1 is 0.882 bits per heavy atom. The van der Waals surface area contributed by atoms with Gasteiger partial charge in [0.1, 0.15) is 5.75 Å². The van der Waals surface area contributed by atoms with E-state index < -0.39 is 0 Å². The summed E-state index contributed by atoms with van der Waals surface area (Å²) < 4.78 is 0.797. The number of hydrogen-bond acceptors (Lipinski definition) is 2. The third kappa shape index (κ3) is 2.02. The van der Waals surface area contributed by atoms with E-state index in [0.717, 1.165) is 26.2 Å². The zero-order chi connectivity index (χ0) is 11.8. The number of aromatic hydroxyl groups is 1. The van der Waals surface area contributed by atoms with Crippen molar-refractivity contribution in [3.8, 4) is 16.9 Å². The topological polar surface area (TPSA) is 20.2 Å². The van der Waals surface area contributed by atoms with Gasteiger partial charge in [0.05, 0.1) is 4.34 Å². The maximum Gasteiger partial charge on any atom is 0.116 e. The molecule has 3 aromatic rings. The molecular formula is C14H9ClOS. The number of fused-ring (bicyclic) bond motifs is 1. The monoisotopic (exact) mass is 260 g/mol. The van der Waals surface area contributed by atoms with Gasteiger partial charge in [-0.15, -0.1) is 11.3 Å². The van der Waals surface area contributed by atoms with Gasteiger partial charge in [-0.1, -0.05) is 29.8 Å². The molecule has 2 aromatic carbocycles. The van der Waals surface area contributed by atoms with Crippen LogP contribution in [0.4, 0.5) is 0 Å². The van der Waals surface area contributed by atoms with Gasteiger partial charge in [-0.3, -0.25) is 0 Å². The molecule has 0 aliphatic rings. The van der Waals surface area contributed by atoms with E-state index in [0.29, 0.717) is 5.75 Å². The second kappa shape index (κ2) is 4.06. The average Bonchev–Trinajstić information content (AvgIpc) is 2.75. The fraction of sp³-hybridized carbons (Fsp3) is 0. The molecule has 0 fully saturated rings. The maximum absolute atomic E-state index is 9.40. The van der Waals surface area contributed by atoms with Crippen molar-refractivity contribution >= 4 is 33.7 Å². The first kappa shape index (κ1) is 10.6. The summed E-state index contributed by atoms with van der Waals surface area (Å²) in [7, 11) is 0. The average molecular weight is 261 g/mol. The molecule has 1 heterocycles. The molecule has 84 valence electrons. The molecule has 0 radical (unpaired) electrons. The van der Waals surface area contributed by atoms with Crippen molar-refractivity contribution in [2.45, 2.75) is 0 Å². The Bertz CT molecular complexity index is 688. The number of halogens is 1. The normalized spacial score (nSPS) is 10.9. The molecule has 1 N–H and O–H groups in total. The van der Waals surface area contributed by atoms with Crippen molar-refractivity contribution in [2.75, 3.05) is 0 Å². The first-order valence-electron chi connectivity index (χ1n) is 5.19. The lowest BCUT2D eigenvalue weighted by molar-refractivity contribution is 0.476. The number of phenolic OH excluding ortho intramolecular Hbond substituents is 1. The highest BCUT2D eigenvalue weighted by atomic mass is 35.5. The van der Waals surface area contributed by atoms with Crippen LogP contribution in [0.3, 0.4) is 0 Å². The summed E-state index contributed by atoms with van der Waals surface area (Å²) in [4.78, 5) is 0. The summed E-state index contributed by atoms with van der Waals surface area (Å²) in [5.41, 5.74) is 2.28. The van der Waals surface area contributed by atoms with Crippen molar-refractivity contribution in [1.82, 2.24) is 0 Å². The van der Waals surface area contributed by atoms with Gasteiger partial charge in [0, 0.05) is 5.38 Å². The van der Waals surface area contributed by atoms with Gasteiger partial charge in [-0.2, -0.15) is 0 Å². The van der Waals surface area contributed by atoms with Crippen LogP contribution in [0.5, 0.6) is 5.75 Å². The summed E-state index contributed by atoms with van der Waals surface area (Å²) in [6.45, 7) is 0. The molecule has 0 saturated carbocycles. The van der Waals surface area contributed by atoms with Crippen LogP contribution >= 0.6 is 22.9 Å². The van der Waals surface area contributed by atoms with Crippen LogP contribution in [-0.4, -0.2) is 5.11 Å². The Morgan fingerprint density at radius 3 is 2.41 bits per heavy atom. The predicted molar refractivity (Wildman–Crippen MR) is 73.9 cm³/mol. The van der Waals surface area contributed by atoms with Gasteiger partial charge in [0.25, 0.3) is 0 Å². The minimum atomic E-state index is 0.295. The Labute approximate surface area is 108 Å². The van der Waals surface area contributed by atoms with Crippen molar-refractivity contribution in [2.24, 2.45) is 0 Å². The molecule has 3 heteroatoms. The van der Waals surface area contributed by atoms with Crippen LogP contribution in [0.15, 0.2) is 47.8 Å². The number of benzene rings is 2. The van der Waals surface area contributed by atoms with Gasteiger partial charge >= 0.3 is 0 Å². The summed E-state index contributed by atoms with van der Waals surface area (Å²) in [5, 5.41) is 13.6. The molecule has 0 aliphatic heterocycles. The third-order valence-corrected chi connectivity index (χ3v) is 3.82. The van der Waals surface area contributed by atoms with E-state index >= 15 is 0 Å². The molecule has 1 nitrogen and oxygen atoms in total. The van der Waals surface area contributed by atoms with Crippen LogP contribution in [0.25, 0.3) is 21.9 Å². The standard InChI is InChI=1S/C14H9ClOS/c15-14-7-12(8-17-14)10-1-2-11-6-13(16)4-3-9(11)5-10/h1-8,16H. The van der Waals surface area contributed by atoms with Gasteiger partial charge in [0.15, 0.2) is 0 Å². The van der Waals surface area contributed by atoms with Crippen LogP contribution in [-0.2, 0) is 0 Å². The highest BCUT2D eigenvalue weighted by Gasteiger charge is 2.02. The molecule has 3 rings (SSSR count). The number of thiophene rings is 1. The summed E-state index contributed by atoms with van der Waals surface area (Å²) in [6, 6.07) is 13.5. The molecule has 0 amide bonds. The lowest BCUT2D eigenvalue weighted by atomic mass is 10.0. The first-order valence-corrected chi connectivity index (χ1v) is 6.45. The van der Waals surface area contributed by atoms with E-state index in [9.17, 15) is 5.11 Å². The molecule has 0 spiro atoms. The van der Waals surface area contributed by atoms with Crippen molar-refractivity contribution < 1.29 is 5.11 Å². The van der Waals surface area contributed by atoms with Crippen molar-refractivity contribution in [1.29, 1.82) is 0 Å². The first-order chi connectivity index (χ1) is 8.22. The zero-order valence-electron chi connectivity index (χ0n) is 8.85. The van der Waals surface area contributed by atoms with E-state index in [4.69, 9.17) is 11.6 Å².